The van der Waals surface area contributed by atoms with Gasteiger partial charge in [-0.2, -0.15) is 0 Å². The Kier molecular flexibility index (Phi) is 3.56. The fourth-order valence-corrected chi connectivity index (χ4v) is 4.89. The molecule has 1 aromatic rings. The van der Waals surface area contributed by atoms with E-state index in [2.05, 4.69) is 45.0 Å². The summed E-state index contributed by atoms with van der Waals surface area (Å²) in [6.45, 7) is 7.46. The Morgan fingerprint density at radius 1 is 1.20 bits per heavy atom. The second-order valence-electron chi connectivity index (χ2n) is 7.57. The van der Waals surface area contributed by atoms with Gasteiger partial charge < -0.3 is 4.74 Å². The molecule has 0 spiro atoms. The van der Waals surface area contributed by atoms with E-state index >= 15 is 0 Å². The third-order valence-corrected chi connectivity index (χ3v) is 6.49. The fraction of sp³-hybridized carbons (Fsp3) is 0.684. The number of benzene rings is 1. The molecule has 0 heterocycles. The SMILES string of the molecule is COc1ccccc1CC[C@H]1C[C@H]2C[C@@H]([C@@H]1C)C2(C)C. The minimum atomic E-state index is 0.611. The van der Waals surface area contributed by atoms with Gasteiger partial charge in [0.2, 0.25) is 0 Å². The van der Waals surface area contributed by atoms with E-state index in [1.165, 1.54) is 31.2 Å². The highest BCUT2D eigenvalue weighted by Crippen LogP contribution is 2.63. The van der Waals surface area contributed by atoms with Crippen LogP contribution in [0.2, 0.25) is 0 Å². The van der Waals surface area contributed by atoms with Crippen molar-refractivity contribution in [3.05, 3.63) is 29.8 Å². The Bertz CT molecular complexity index is 476. The molecule has 0 amide bonds. The van der Waals surface area contributed by atoms with Crippen LogP contribution in [0.5, 0.6) is 5.75 Å². The summed E-state index contributed by atoms with van der Waals surface area (Å²) in [5.41, 5.74) is 1.99. The molecule has 20 heavy (non-hydrogen) atoms. The van der Waals surface area contributed by atoms with Gasteiger partial charge in [0.15, 0.2) is 0 Å². The Morgan fingerprint density at radius 2 is 1.95 bits per heavy atom. The molecular weight excluding hydrogens is 244 g/mol. The largest absolute Gasteiger partial charge is 0.496 e. The number of ether oxygens (including phenoxy) is 1. The molecule has 0 unspecified atom stereocenters. The summed E-state index contributed by atoms with van der Waals surface area (Å²) in [5, 5.41) is 0. The van der Waals surface area contributed by atoms with Gasteiger partial charge >= 0.3 is 0 Å². The lowest BCUT2D eigenvalue weighted by atomic mass is 9.43. The third kappa shape index (κ3) is 2.16. The molecule has 1 heteroatoms. The summed E-state index contributed by atoms with van der Waals surface area (Å²) >= 11 is 0. The number of methoxy groups -OCH3 is 1. The maximum Gasteiger partial charge on any atom is 0.122 e. The first-order valence-corrected chi connectivity index (χ1v) is 8.16. The van der Waals surface area contributed by atoms with Crippen LogP contribution in [-0.4, -0.2) is 7.11 Å². The normalized spacial score (nSPS) is 34.4. The van der Waals surface area contributed by atoms with Crippen LogP contribution in [0.1, 0.15) is 45.6 Å². The summed E-state index contributed by atoms with van der Waals surface area (Å²) in [6.07, 6.45) is 5.42. The van der Waals surface area contributed by atoms with Gasteiger partial charge in [-0.25, -0.2) is 0 Å². The summed E-state index contributed by atoms with van der Waals surface area (Å²) < 4.78 is 5.48. The molecule has 4 rings (SSSR count). The smallest absolute Gasteiger partial charge is 0.122 e. The number of rotatable bonds is 4. The van der Waals surface area contributed by atoms with Crippen LogP contribution in [0, 0.1) is 29.1 Å². The predicted octanol–water partition coefficient (Wildman–Crippen LogP) is 4.95. The van der Waals surface area contributed by atoms with E-state index < -0.39 is 0 Å². The van der Waals surface area contributed by atoms with Gasteiger partial charge in [-0.1, -0.05) is 39.0 Å². The molecule has 2 bridgehead atoms. The van der Waals surface area contributed by atoms with Gasteiger partial charge in [0.25, 0.3) is 0 Å². The van der Waals surface area contributed by atoms with Crippen LogP contribution in [0.4, 0.5) is 0 Å². The second-order valence-corrected chi connectivity index (χ2v) is 7.57. The zero-order valence-corrected chi connectivity index (χ0v) is 13.4. The quantitative estimate of drug-likeness (QED) is 0.754. The van der Waals surface area contributed by atoms with Crippen molar-refractivity contribution in [3.63, 3.8) is 0 Å². The van der Waals surface area contributed by atoms with Gasteiger partial charge in [-0.15, -0.1) is 0 Å². The van der Waals surface area contributed by atoms with E-state index in [0.29, 0.717) is 5.41 Å². The Balaban J connectivity index is 1.63. The molecule has 0 radical (unpaired) electrons. The Morgan fingerprint density at radius 3 is 2.60 bits per heavy atom. The minimum Gasteiger partial charge on any atom is -0.496 e. The van der Waals surface area contributed by atoms with Crippen molar-refractivity contribution in [3.8, 4) is 5.75 Å². The molecule has 3 aliphatic rings. The number of hydrogen-bond donors (Lipinski definition) is 0. The van der Waals surface area contributed by atoms with E-state index in [-0.39, 0.29) is 0 Å². The molecule has 1 nitrogen and oxygen atoms in total. The molecular formula is C19H28O. The van der Waals surface area contributed by atoms with E-state index in [9.17, 15) is 0 Å². The van der Waals surface area contributed by atoms with Crippen LogP contribution in [-0.2, 0) is 6.42 Å². The second kappa shape index (κ2) is 5.09. The summed E-state index contributed by atoms with van der Waals surface area (Å²) in [5.74, 6) is 4.80. The lowest BCUT2D eigenvalue weighted by molar-refractivity contribution is -0.129. The maximum absolute atomic E-state index is 5.48. The highest BCUT2D eigenvalue weighted by Gasteiger charge is 2.55. The summed E-state index contributed by atoms with van der Waals surface area (Å²) in [4.78, 5) is 0. The molecule has 0 saturated heterocycles. The van der Waals surface area contributed by atoms with Crippen molar-refractivity contribution in [2.45, 2.75) is 46.5 Å². The minimum absolute atomic E-state index is 0.611. The van der Waals surface area contributed by atoms with E-state index in [4.69, 9.17) is 4.74 Å². The van der Waals surface area contributed by atoms with E-state index in [0.717, 1.165) is 29.4 Å². The maximum atomic E-state index is 5.48. The highest BCUT2D eigenvalue weighted by molar-refractivity contribution is 5.33. The van der Waals surface area contributed by atoms with Crippen LogP contribution >= 0.6 is 0 Å². The zero-order valence-electron chi connectivity index (χ0n) is 13.4. The predicted molar refractivity (Wildman–Crippen MR) is 84.0 cm³/mol. The summed E-state index contributed by atoms with van der Waals surface area (Å²) in [7, 11) is 1.78. The van der Waals surface area contributed by atoms with Crippen LogP contribution in [0.3, 0.4) is 0 Å². The molecule has 110 valence electrons. The van der Waals surface area contributed by atoms with Crippen molar-refractivity contribution in [1.82, 2.24) is 0 Å². The molecule has 0 aliphatic heterocycles. The molecule has 3 aliphatic carbocycles. The number of hydrogen-bond acceptors (Lipinski definition) is 1. The van der Waals surface area contributed by atoms with Crippen molar-refractivity contribution >= 4 is 0 Å². The lowest BCUT2D eigenvalue weighted by Gasteiger charge is -2.62. The lowest BCUT2D eigenvalue weighted by Crippen LogP contribution is -2.54. The molecule has 1 aromatic carbocycles. The average molecular weight is 272 g/mol. The molecule has 0 aromatic heterocycles. The monoisotopic (exact) mass is 272 g/mol. The van der Waals surface area contributed by atoms with Crippen molar-refractivity contribution in [2.75, 3.05) is 7.11 Å². The first kappa shape index (κ1) is 14.0. The van der Waals surface area contributed by atoms with Gasteiger partial charge in [-0.3, -0.25) is 0 Å². The topological polar surface area (TPSA) is 9.23 Å². The van der Waals surface area contributed by atoms with Crippen LogP contribution in [0.15, 0.2) is 24.3 Å². The first-order valence-electron chi connectivity index (χ1n) is 8.16. The number of aryl methyl sites for hydroxylation is 1. The molecule has 3 saturated carbocycles. The average Bonchev–Trinajstić information content (AvgIpc) is 2.45. The third-order valence-electron chi connectivity index (χ3n) is 6.49. The van der Waals surface area contributed by atoms with Gasteiger partial charge in [-0.05, 0) is 66.4 Å². The Hall–Kier alpha value is -0.980. The van der Waals surface area contributed by atoms with Crippen molar-refractivity contribution in [1.29, 1.82) is 0 Å². The van der Waals surface area contributed by atoms with Gasteiger partial charge in [0.05, 0.1) is 7.11 Å². The zero-order chi connectivity index (χ0) is 14.3. The fourth-order valence-electron chi connectivity index (χ4n) is 4.89. The number of fused-ring (bicyclic) bond motifs is 2. The Labute approximate surface area is 123 Å². The molecule has 3 fully saturated rings. The van der Waals surface area contributed by atoms with Crippen LogP contribution in [0.25, 0.3) is 0 Å². The molecule has 4 atom stereocenters. The standard InChI is InChI=1S/C19H28O/c1-13-15(11-16-12-17(13)19(16,2)3)10-9-14-7-5-6-8-18(14)20-4/h5-8,13,15-17H,9-12H2,1-4H3/t13-,15+,16+,17+/m1/s1. The summed E-state index contributed by atoms with van der Waals surface area (Å²) in [6, 6.07) is 8.49. The van der Waals surface area contributed by atoms with Crippen LogP contribution < -0.4 is 4.74 Å². The van der Waals surface area contributed by atoms with E-state index in [1.54, 1.807) is 7.11 Å². The number of para-hydroxylation sites is 1. The highest BCUT2D eigenvalue weighted by atomic mass is 16.5. The molecule has 0 N–H and O–H groups in total. The van der Waals surface area contributed by atoms with E-state index in [1.807, 2.05) is 0 Å². The van der Waals surface area contributed by atoms with Crippen molar-refractivity contribution in [2.24, 2.45) is 29.1 Å². The first-order chi connectivity index (χ1) is 9.54. The van der Waals surface area contributed by atoms with Gasteiger partial charge in [0.1, 0.15) is 5.75 Å². The van der Waals surface area contributed by atoms with Crippen molar-refractivity contribution < 1.29 is 4.74 Å². The van der Waals surface area contributed by atoms with Gasteiger partial charge in [0, 0.05) is 0 Å².